The van der Waals surface area contributed by atoms with E-state index in [1.807, 2.05) is 0 Å². The molecule has 4 N–H and O–H groups in total. The van der Waals surface area contributed by atoms with E-state index in [4.69, 9.17) is 11.5 Å². The van der Waals surface area contributed by atoms with Gasteiger partial charge in [0.1, 0.15) is 0 Å². The average Bonchev–Trinajstić information content (AvgIpc) is 1.88. The molecular weight excluding hydrogens is 270 g/mol. The van der Waals surface area contributed by atoms with Crippen LogP contribution in [0.15, 0.2) is 0 Å². The second-order valence-electron chi connectivity index (χ2n) is 1.02. The van der Waals surface area contributed by atoms with Crippen LogP contribution < -0.4 is 36.3 Å². The van der Waals surface area contributed by atoms with E-state index < -0.39 is 0 Å². The maximum absolute atomic E-state index is 4.95. The van der Waals surface area contributed by atoms with Crippen LogP contribution in [0.3, 0.4) is 0 Å². The van der Waals surface area contributed by atoms with Crippen LogP contribution in [-0.4, -0.2) is 24.6 Å². The molecule has 0 aromatic heterocycles. The number of nitrogens with two attached hydrogens (primary N) is 2. The number of halogens is 2. The maximum Gasteiger partial charge on any atom is 2.00 e. The third-order valence-electron chi connectivity index (χ3n) is 0.258. The van der Waals surface area contributed by atoms with Crippen molar-refractivity contribution in [3.63, 3.8) is 0 Å². The molecule has 0 aliphatic carbocycles. The smallest absolute Gasteiger partial charge is 1.00 e. The summed E-state index contributed by atoms with van der Waals surface area (Å²) in [4.78, 5) is 0. The zero-order valence-electron chi connectivity index (χ0n) is 5.95. The van der Waals surface area contributed by atoms with Gasteiger partial charge in [-0.15, -0.1) is 0 Å². The second kappa shape index (κ2) is 41.3. The summed E-state index contributed by atoms with van der Waals surface area (Å²) in [5.41, 5.74) is 9.90. The summed E-state index contributed by atoms with van der Waals surface area (Å²) >= 11 is 7.59. The Morgan fingerprint density at radius 2 is 0.909 bits per heavy atom. The molecule has 0 aliphatic heterocycles. The Balaban J connectivity index is -0.0000000171. The van der Waals surface area contributed by atoms with Gasteiger partial charge in [-0.05, 0) is 0 Å². The fourth-order valence-electron chi connectivity index (χ4n) is 0. The Kier molecular flexibility index (Phi) is 110. The molecule has 2 nitrogen and oxygen atoms in total. The van der Waals surface area contributed by atoms with Crippen LogP contribution in [0.25, 0.3) is 0 Å². The molecule has 7 heteroatoms. The molecule has 0 heterocycles. The Labute approximate surface area is 102 Å². The molecule has 0 saturated carbocycles. The van der Waals surface area contributed by atoms with Gasteiger partial charge in [-0.25, -0.2) is 0 Å². The number of thiol groups is 2. The van der Waals surface area contributed by atoms with Crippen LogP contribution in [0.4, 0.5) is 0 Å². The normalized spacial score (nSPS) is 5.45. The Morgan fingerprint density at radius 3 is 0.909 bits per heavy atom. The van der Waals surface area contributed by atoms with Gasteiger partial charge >= 0.3 is 16.5 Å². The van der Waals surface area contributed by atoms with Gasteiger partial charge in [0.25, 0.3) is 0 Å². The van der Waals surface area contributed by atoms with Crippen molar-refractivity contribution in [2.75, 3.05) is 24.6 Å². The minimum Gasteiger partial charge on any atom is -1.00 e. The van der Waals surface area contributed by atoms with Gasteiger partial charge < -0.3 is 36.3 Å². The fourth-order valence-corrected chi connectivity index (χ4v) is 0. The van der Waals surface area contributed by atoms with E-state index in [0.29, 0.717) is 13.1 Å². The molecule has 0 aliphatic rings. The van der Waals surface area contributed by atoms with Gasteiger partial charge in [0.2, 0.25) is 0 Å². The third kappa shape index (κ3) is 80.5. The molecule has 0 amide bonds. The summed E-state index contributed by atoms with van der Waals surface area (Å²) < 4.78 is 0. The Hall–Kier alpha value is 1.69. The van der Waals surface area contributed by atoms with Crippen molar-refractivity contribution < 1.29 is 41.3 Å². The first-order valence-electron chi connectivity index (χ1n) is 2.45. The summed E-state index contributed by atoms with van der Waals surface area (Å²) in [6, 6.07) is 0. The molecule has 0 rings (SSSR count). The van der Waals surface area contributed by atoms with Crippen molar-refractivity contribution in [1.82, 2.24) is 0 Å². The van der Waals surface area contributed by atoms with Crippen LogP contribution >= 0.6 is 25.3 Å². The van der Waals surface area contributed by atoms with Gasteiger partial charge in [0.15, 0.2) is 0 Å². The van der Waals surface area contributed by atoms with E-state index in [0.717, 1.165) is 11.5 Å². The predicted octanol–water partition coefficient (Wildman–Crippen LogP) is -6.24. The summed E-state index contributed by atoms with van der Waals surface area (Å²) in [5.74, 6) is 1.58. The minimum absolute atomic E-state index is 0. The van der Waals surface area contributed by atoms with Crippen molar-refractivity contribution in [3.05, 3.63) is 0 Å². The standard InChI is InChI=1S/2C2H7NS.2ClH.Ni/c2*3-1-2-4;;;/h2*4H,1-3H2;2*1H;/q;;;;+2/p-2. The van der Waals surface area contributed by atoms with E-state index >= 15 is 0 Å². The molecule has 0 radical (unpaired) electrons. The molecule has 0 aromatic rings. The van der Waals surface area contributed by atoms with Crippen LogP contribution in [0.2, 0.25) is 0 Å². The molecule has 11 heavy (non-hydrogen) atoms. The zero-order valence-corrected chi connectivity index (χ0v) is 10.2. The van der Waals surface area contributed by atoms with Crippen LogP contribution in [0, 0.1) is 0 Å². The minimum atomic E-state index is 0. The number of hydrogen-bond donors (Lipinski definition) is 4. The zero-order chi connectivity index (χ0) is 6.83. The van der Waals surface area contributed by atoms with Crippen LogP contribution in [0.5, 0.6) is 0 Å². The number of rotatable bonds is 2. The quantitative estimate of drug-likeness (QED) is 0.301. The Morgan fingerprint density at radius 1 is 0.818 bits per heavy atom. The SMILES string of the molecule is NCCS.NCCS.[Cl-].[Cl-].[Ni+2]. The first-order valence-corrected chi connectivity index (χ1v) is 3.71. The molecule has 0 unspecified atom stereocenters. The van der Waals surface area contributed by atoms with E-state index in [2.05, 4.69) is 25.3 Å². The molecule has 0 spiro atoms. The monoisotopic (exact) mass is 282 g/mol. The van der Waals surface area contributed by atoms with Crippen molar-refractivity contribution in [1.29, 1.82) is 0 Å². The van der Waals surface area contributed by atoms with Gasteiger partial charge in [-0.2, -0.15) is 25.3 Å². The van der Waals surface area contributed by atoms with Crippen LogP contribution in [0.1, 0.15) is 0 Å². The third-order valence-corrected chi connectivity index (χ3v) is 0.775. The largest absolute Gasteiger partial charge is 2.00 e. The van der Waals surface area contributed by atoms with Crippen molar-refractivity contribution in [3.8, 4) is 0 Å². The van der Waals surface area contributed by atoms with E-state index in [1.54, 1.807) is 0 Å². The molecule has 0 aromatic carbocycles. The van der Waals surface area contributed by atoms with E-state index in [-0.39, 0.29) is 41.3 Å². The first kappa shape index (κ1) is 29.3. The van der Waals surface area contributed by atoms with Crippen LogP contribution in [-0.2, 0) is 16.5 Å². The summed E-state index contributed by atoms with van der Waals surface area (Å²) in [6.07, 6.45) is 0. The topological polar surface area (TPSA) is 52.0 Å². The first-order chi connectivity index (χ1) is 3.83. The fraction of sp³-hybridized carbons (Fsp3) is 1.00. The average molecular weight is 284 g/mol. The molecule has 0 fully saturated rings. The van der Waals surface area contributed by atoms with Crippen molar-refractivity contribution in [2.24, 2.45) is 11.5 Å². The van der Waals surface area contributed by atoms with Gasteiger partial charge in [-0.1, -0.05) is 0 Å². The van der Waals surface area contributed by atoms with Gasteiger partial charge in [-0.3, -0.25) is 0 Å². The molecule has 0 saturated heterocycles. The predicted molar refractivity (Wildman–Crippen MR) is 45.8 cm³/mol. The summed E-state index contributed by atoms with van der Waals surface area (Å²) in [6.45, 7) is 1.37. The molecular formula is C4H14Cl2N2NiS2. The number of hydrogen-bond acceptors (Lipinski definition) is 4. The van der Waals surface area contributed by atoms with E-state index in [9.17, 15) is 0 Å². The molecule has 0 atom stereocenters. The summed E-state index contributed by atoms with van der Waals surface area (Å²) in [7, 11) is 0. The molecule has 0 bridgehead atoms. The van der Waals surface area contributed by atoms with Gasteiger partial charge in [0, 0.05) is 24.6 Å². The second-order valence-corrected chi connectivity index (χ2v) is 1.92. The van der Waals surface area contributed by atoms with Crippen molar-refractivity contribution >= 4 is 25.3 Å². The maximum atomic E-state index is 4.95. The van der Waals surface area contributed by atoms with E-state index in [1.165, 1.54) is 0 Å². The Bertz CT molecular complexity index is 32.1. The summed E-state index contributed by atoms with van der Waals surface area (Å²) in [5, 5.41) is 0. The van der Waals surface area contributed by atoms with Crippen molar-refractivity contribution in [2.45, 2.75) is 0 Å². The molecule has 76 valence electrons. The van der Waals surface area contributed by atoms with Gasteiger partial charge in [0.05, 0.1) is 0 Å².